The number of carbonyl (C=O) groups excluding carboxylic acids is 1. The fourth-order valence-corrected chi connectivity index (χ4v) is 7.63. The quantitative estimate of drug-likeness (QED) is 0.0991. The molecule has 4 N–H and O–H groups in total. The van der Waals surface area contributed by atoms with Crippen LogP contribution < -0.4 is 14.6 Å². The Bertz CT molecular complexity index is 2870. The molecule has 0 saturated heterocycles. The molecule has 0 aliphatic heterocycles. The van der Waals surface area contributed by atoms with Gasteiger partial charge in [-0.05, 0) is 35.0 Å². The summed E-state index contributed by atoms with van der Waals surface area (Å²) in [6.07, 6.45) is 2.79. The highest BCUT2D eigenvalue weighted by Gasteiger charge is 2.38. The molecule has 0 atom stereocenters. The summed E-state index contributed by atoms with van der Waals surface area (Å²) in [5, 5.41) is 63.4. The van der Waals surface area contributed by atoms with Gasteiger partial charge in [-0.15, -0.1) is 0 Å². The summed E-state index contributed by atoms with van der Waals surface area (Å²) in [7, 11) is 0. The molecule has 8 nitrogen and oxygen atoms in total. The van der Waals surface area contributed by atoms with Crippen molar-refractivity contribution in [3.05, 3.63) is 204 Å². The van der Waals surface area contributed by atoms with Gasteiger partial charge in [-0.25, -0.2) is 0 Å². The maximum atomic E-state index is 13.8. The van der Waals surface area contributed by atoms with Crippen LogP contribution in [0, 0.1) is 0 Å². The SMILES string of the molecule is O=C1C(=C2C(O)=CC(=[N+](c3ccccc3)c3cccc4ccccc34)C=C2O)C([O-])=C1c1c(O)cc(N(c2ccccc2)c2cccc3ccccc23)cc1O. The third kappa shape index (κ3) is 5.56. The van der Waals surface area contributed by atoms with E-state index in [4.69, 9.17) is 0 Å². The van der Waals surface area contributed by atoms with Gasteiger partial charge in [-0.2, -0.15) is 4.58 Å². The number of phenolic OH excluding ortho intramolecular Hbond substituents is 2. The molecule has 0 aromatic heterocycles. The Kier molecular flexibility index (Phi) is 8.21. The first-order valence-corrected chi connectivity index (χ1v) is 17.9. The fraction of sp³-hybridized carbons (Fsp3) is 0. The first kappa shape index (κ1) is 34.0. The summed E-state index contributed by atoms with van der Waals surface area (Å²) in [5.41, 5.74) is 2.24. The minimum atomic E-state index is -0.838. The lowest BCUT2D eigenvalue weighted by molar-refractivity contribution is -0.297. The number of hydrogen-bond donors (Lipinski definition) is 4. The number of carbonyl (C=O) groups is 1. The summed E-state index contributed by atoms with van der Waals surface area (Å²) in [5.74, 6) is -3.64. The van der Waals surface area contributed by atoms with Gasteiger partial charge in [-0.1, -0.05) is 109 Å². The number of Topliss-reactive ketones (excluding diaryl/α,β-unsaturated/α-hetero) is 1. The predicted molar refractivity (Wildman–Crippen MR) is 219 cm³/mol. The second kappa shape index (κ2) is 13.5. The molecular formula is C48H32N2O6. The van der Waals surface area contributed by atoms with Crippen LogP contribution in [-0.4, -0.2) is 31.9 Å². The first-order chi connectivity index (χ1) is 27.3. The van der Waals surface area contributed by atoms with Gasteiger partial charge in [0.15, 0.2) is 5.78 Å². The molecule has 7 aromatic carbocycles. The maximum Gasteiger partial charge on any atom is 0.219 e. The van der Waals surface area contributed by atoms with E-state index in [2.05, 4.69) is 0 Å². The minimum Gasteiger partial charge on any atom is -0.871 e. The van der Waals surface area contributed by atoms with Crippen molar-refractivity contribution in [2.45, 2.75) is 0 Å². The van der Waals surface area contributed by atoms with Crippen molar-refractivity contribution < 1.29 is 30.3 Å². The number of benzene rings is 7. The van der Waals surface area contributed by atoms with E-state index in [-0.39, 0.29) is 11.1 Å². The summed E-state index contributed by atoms with van der Waals surface area (Å²) < 4.78 is 1.87. The average Bonchev–Trinajstić information content (AvgIpc) is 3.22. The van der Waals surface area contributed by atoms with Crippen molar-refractivity contribution in [2.24, 2.45) is 0 Å². The van der Waals surface area contributed by atoms with E-state index in [9.17, 15) is 30.3 Å². The van der Waals surface area contributed by atoms with Gasteiger partial charge in [0.2, 0.25) is 17.1 Å². The molecule has 270 valence electrons. The van der Waals surface area contributed by atoms with Crippen molar-refractivity contribution >= 4 is 67.0 Å². The molecule has 0 unspecified atom stereocenters. The lowest BCUT2D eigenvalue weighted by Crippen LogP contribution is -2.32. The molecule has 56 heavy (non-hydrogen) atoms. The monoisotopic (exact) mass is 732 g/mol. The molecule has 0 amide bonds. The van der Waals surface area contributed by atoms with E-state index in [1.165, 1.54) is 24.3 Å². The lowest BCUT2D eigenvalue weighted by Gasteiger charge is -2.34. The van der Waals surface area contributed by atoms with Crippen molar-refractivity contribution in [3.63, 3.8) is 0 Å². The van der Waals surface area contributed by atoms with E-state index in [1.54, 1.807) is 0 Å². The van der Waals surface area contributed by atoms with Crippen LogP contribution in [0.1, 0.15) is 5.56 Å². The van der Waals surface area contributed by atoms with Crippen LogP contribution in [0.2, 0.25) is 0 Å². The second-order valence-electron chi connectivity index (χ2n) is 13.5. The van der Waals surface area contributed by atoms with Gasteiger partial charge in [0.05, 0.1) is 40.0 Å². The highest BCUT2D eigenvalue weighted by atomic mass is 16.3. The maximum absolute atomic E-state index is 13.8. The molecule has 0 spiro atoms. The summed E-state index contributed by atoms with van der Waals surface area (Å²) in [4.78, 5) is 15.7. The van der Waals surface area contributed by atoms with Crippen molar-refractivity contribution in [3.8, 4) is 11.5 Å². The Hall–Kier alpha value is -7.84. The van der Waals surface area contributed by atoms with Crippen LogP contribution in [0.15, 0.2) is 198 Å². The topological polar surface area (TPSA) is 127 Å². The molecule has 0 fully saturated rings. The number of fused-ring (bicyclic) bond motifs is 2. The lowest BCUT2D eigenvalue weighted by atomic mass is 9.78. The first-order valence-electron chi connectivity index (χ1n) is 17.9. The fourth-order valence-electron chi connectivity index (χ4n) is 7.63. The molecule has 0 saturated carbocycles. The number of aliphatic hydroxyl groups is 2. The Morgan fingerprint density at radius 3 is 1.70 bits per heavy atom. The number of nitrogens with zero attached hydrogens (tertiary/aromatic N) is 2. The number of allylic oxidation sites excluding steroid dienone is 4. The summed E-state index contributed by atoms with van der Waals surface area (Å²) in [6, 6.07) is 49.0. The van der Waals surface area contributed by atoms with Crippen LogP contribution in [0.5, 0.6) is 11.5 Å². The van der Waals surface area contributed by atoms with Crippen LogP contribution in [0.3, 0.4) is 0 Å². The highest BCUT2D eigenvalue weighted by Crippen LogP contribution is 2.49. The molecule has 8 heteroatoms. The van der Waals surface area contributed by atoms with Crippen LogP contribution in [0.4, 0.5) is 28.4 Å². The largest absolute Gasteiger partial charge is 0.871 e. The number of phenols is 2. The Morgan fingerprint density at radius 2 is 1.05 bits per heavy atom. The van der Waals surface area contributed by atoms with Crippen LogP contribution in [0.25, 0.3) is 27.1 Å². The number of aromatic hydroxyl groups is 2. The molecule has 2 aliphatic rings. The summed E-state index contributed by atoms with van der Waals surface area (Å²) in [6.45, 7) is 0. The Labute approximate surface area is 321 Å². The normalized spacial score (nSPS) is 14.1. The number of hydrogen-bond acceptors (Lipinski definition) is 7. The smallest absolute Gasteiger partial charge is 0.219 e. The van der Waals surface area contributed by atoms with Crippen molar-refractivity contribution in [1.82, 2.24) is 4.58 Å². The molecular weight excluding hydrogens is 701 g/mol. The molecule has 9 rings (SSSR count). The van der Waals surface area contributed by atoms with Gasteiger partial charge in [0.25, 0.3) is 0 Å². The Balaban J connectivity index is 1.14. The van der Waals surface area contributed by atoms with E-state index in [0.29, 0.717) is 11.4 Å². The van der Waals surface area contributed by atoms with Crippen molar-refractivity contribution in [1.29, 1.82) is 0 Å². The molecule has 2 aliphatic carbocycles. The number of ketones is 1. The third-order valence-corrected chi connectivity index (χ3v) is 10.1. The second-order valence-corrected chi connectivity index (χ2v) is 13.5. The molecule has 0 bridgehead atoms. The van der Waals surface area contributed by atoms with Gasteiger partial charge in [-0.3, -0.25) is 4.79 Å². The standard InChI is InChI=1S/C48H32N2O6/c51-39-25-33(49(31-17-3-1-4-18-31)37-23-11-15-29-13-7-9-21-35(29)37)26-40(52)43(39)45-47(55)46(48(45)56)44-41(53)27-34(28-42(44)54)50(32-19-5-2-6-20-32)38-24-12-16-30-14-8-10-22-36(30)38/h1-28H,(H4,51,52,53,54,55,56). The molecule has 0 heterocycles. The number of anilines is 3. The van der Waals surface area contributed by atoms with E-state index in [1.807, 2.05) is 155 Å². The van der Waals surface area contributed by atoms with E-state index >= 15 is 0 Å². The van der Waals surface area contributed by atoms with Crippen molar-refractivity contribution in [2.75, 3.05) is 4.90 Å². The zero-order chi connectivity index (χ0) is 38.5. The number of aliphatic hydroxyl groups excluding tert-OH is 2. The molecule has 0 radical (unpaired) electrons. The van der Waals surface area contributed by atoms with Gasteiger partial charge in [0, 0.05) is 52.6 Å². The summed E-state index contributed by atoms with van der Waals surface area (Å²) >= 11 is 0. The zero-order valence-electron chi connectivity index (χ0n) is 29.7. The van der Waals surface area contributed by atoms with E-state index < -0.39 is 45.7 Å². The minimum absolute atomic E-state index is 0.333. The van der Waals surface area contributed by atoms with E-state index in [0.717, 1.165) is 44.3 Å². The predicted octanol–water partition coefficient (Wildman–Crippen LogP) is 9.70. The zero-order valence-corrected chi connectivity index (χ0v) is 29.7. The van der Waals surface area contributed by atoms with Gasteiger partial charge in [0.1, 0.15) is 23.0 Å². The average molecular weight is 733 g/mol. The van der Waals surface area contributed by atoms with Gasteiger partial charge < -0.3 is 30.4 Å². The van der Waals surface area contributed by atoms with Crippen LogP contribution in [-0.2, 0) is 4.79 Å². The van der Waals surface area contributed by atoms with Crippen LogP contribution >= 0.6 is 0 Å². The Morgan fingerprint density at radius 1 is 0.518 bits per heavy atom. The highest BCUT2D eigenvalue weighted by molar-refractivity contribution is 6.40. The van der Waals surface area contributed by atoms with Gasteiger partial charge >= 0.3 is 0 Å². The number of para-hydroxylation sites is 2. The number of rotatable bonds is 6. The third-order valence-electron chi connectivity index (χ3n) is 10.1. The molecule has 7 aromatic rings.